The first-order chi connectivity index (χ1) is 20.0. The topological polar surface area (TPSA) is 158 Å². The summed E-state index contributed by atoms with van der Waals surface area (Å²) in [7, 11) is -2.22. The Hall–Kier alpha value is 2.00. The van der Waals surface area contributed by atoms with E-state index in [1.807, 2.05) is 0 Å². The van der Waals surface area contributed by atoms with Crippen LogP contribution < -0.4 is 10.6 Å². The van der Waals surface area contributed by atoms with Gasteiger partial charge in [0.25, 0.3) is 10.5 Å². The molecule has 240 valence electrons. The highest BCUT2D eigenvalue weighted by molar-refractivity contribution is 8.30. The molecule has 0 aromatic rings. The fourth-order valence-corrected chi connectivity index (χ4v) is 12.8. The summed E-state index contributed by atoms with van der Waals surface area (Å²) in [6.07, 6.45) is 0.510. The number of carbonyl (C=O) groups excluding carboxylic acids is 2. The molecule has 10 nitrogen and oxygen atoms in total. The molecule has 0 rings (SSSR count). The van der Waals surface area contributed by atoms with Crippen LogP contribution in [0.4, 0.5) is 9.59 Å². The maximum Gasteiger partial charge on any atom is 0.280 e. The van der Waals surface area contributed by atoms with E-state index >= 15 is 0 Å². The number of rotatable bonds is 28. The molecule has 0 aliphatic rings. The quantitative estimate of drug-likeness (QED) is 0.0356. The molecular weight excluding hydrogens is 765 g/mol. The Morgan fingerprint density at radius 3 is 1.76 bits per heavy atom. The first-order valence-electron chi connectivity index (χ1n) is 11.4. The lowest BCUT2D eigenvalue weighted by Gasteiger charge is -2.04. The van der Waals surface area contributed by atoms with Gasteiger partial charge in [0.1, 0.15) is 0 Å². The standard InChI is InChI=1S/C19H36N4O6S12/c24-2-1-3-40(28)8-20-4-30-11-33-7-23-19(27)39-16-36-13-35-14-37-17-41(29)9-21-5-31-12-32-6-22-18(26)38-15-34-10-25/h8-9,24-25H,1-7,10-17H2,(H,22,26)(H,23,27)/b20-8-,21-9-. The van der Waals surface area contributed by atoms with Crippen molar-refractivity contribution in [3.8, 4) is 0 Å². The van der Waals surface area contributed by atoms with E-state index in [-0.39, 0.29) is 23.0 Å². The number of nitrogens with one attached hydrogen (secondary N) is 2. The molecule has 0 bridgehead atoms. The zero-order valence-corrected chi connectivity index (χ0v) is 31.9. The van der Waals surface area contributed by atoms with Gasteiger partial charge in [0.05, 0.1) is 72.3 Å². The van der Waals surface area contributed by atoms with Gasteiger partial charge in [-0.25, -0.2) is 0 Å². The Morgan fingerprint density at radius 2 is 1.17 bits per heavy atom. The van der Waals surface area contributed by atoms with Gasteiger partial charge in [-0.15, -0.1) is 94.1 Å². The van der Waals surface area contributed by atoms with Crippen LogP contribution in [0.25, 0.3) is 0 Å². The predicted molar refractivity (Wildman–Crippen MR) is 203 cm³/mol. The molecule has 2 amide bonds. The van der Waals surface area contributed by atoms with Gasteiger partial charge in [-0.2, -0.15) is 0 Å². The van der Waals surface area contributed by atoms with Crippen LogP contribution in [0.5, 0.6) is 0 Å². The van der Waals surface area contributed by atoms with Gasteiger partial charge >= 0.3 is 0 Å². The third-order valence-electron chi connectivity index (χ3n) is 3.36. The number of nitrogens with zero attached hydrogens (tertiary/aromatic N) is 2. The first-order valence-corrected chi connectivity index (χ1v) is 25.4. The highest BCUT2D eigenvalue weighted by Crippen LogP contribution is 2.22. The van der Waals surface area contributed by atoms with Crippen molar-refractivity contribution < 1.29 is 28.2 Å². The summed E-state index contributed by atoms with van der Waals surface area (Å²) in [6, 6.07) is 0. The first kappa shape index (κ1) is 43.0. The minimum absolute atomic E-state index is 0.0119. The summed E-state index contributed by atoms with van der Waals surface area (Å²) in [5, 5.41) is 27.8. The molecule has 0 heterocycles. The summed E-state index contributed by atoms with van der Waals surface area (Å²) < 4.78 is 23.4. The molecule has 0 aliphatic carbocycles. The zero-order valence-electron chi connectivity index (χ0n) is 22.1. The van der Waals surface area contributed by atoms with E-state index in [0.29, 0.717) is 50.9 Å². The van der Waals surface area contributed by atoms with Crippen LogP contribution in [0.2, 0.25) is 0 Å². The number of hydrogen-bond acceptors (Lipinski definition) is 18. The number of aliphatic hydroxyl groups excluding tert-OH is 2. The lowest BCUT2D eigenvalue weighted by atomic mass is 10.5. The maximum atomic E-state index is 12.0. The average Bonchev–Trinajstić information content (AvgIpc) is 2.96. The lowest BCUT2D eigenvalue weighted by molar-refractivity contribution is 0.261. The molecule has 0 saturated carbocycles. The van der Waals surface area contributed by atoms with Crippen molar-refractivity contribution in [3.05, 3.63) is 0 Å². The van der Waals surface area contributed by atoms with Crippen LogP contribution in [-0.4, -0.2) is 118 Å². The number of hydrogen-bond donors (Lipinski definition) is 4. The molecule has 2 unspecified atom stereocenters. The van der Waals surface area contributed by atoms with Crippen LogP contribution in [0.3, 0.4) is 0 Å². The third-order valence-corrected chi connectivity index (χ3v) is 16.4. The van der Waals surface area contributed by atoms with E-state index in [9.17, 15) is 18.0 Å². The van der Waals surface area contributed by atoms with Crippen molar-refractivity contribution >= 4 is 161 Å². The number of aliphatic imine (C=N–C) groups is 2. The summed E-state index contributed by atoms with van der Waals surface area (Å²) in [5.74, 6) is 2.54. The molecule has 0 radical (unpaired) electrons. The van der Waals surface area contributed by atoms with Crippen molar-refractivity contribution in [3.63, 3.8) is 0 Å². The van der Waals surface area contributed by atoms with Crippen LogP contribution in [0.1, 0.15) is 6.42 Å². The Bertz CT molecular complexity index is 772. The second-order valence-electron chi connectivity index (χ2n) is 6.47. The van der Waals surface area contributed by atoms with Gasteiger partial charge in [-0.3, -0.25) is 28.0 Å². The van der Waals surface area contributed by atoms with Crippen LogP contribution in [-0.2, 0) is 21.6 Å². The second kappa shape index (κ2) is 34.9. The molecule has 4 N–H and O–H groups in total. The Balaban J connectivity index is 3.44. The maximum absolute atomic E-state index is 12.0. The zero-order chi connectivity index (χ0) is 30.2. The third kappa shape index (κ3) is 34.7. The van der Waals surface area contributed by atoms with Gasteiger partial charge in [0.15, 0.2) is 0 Å². The van der Waals surface area contributed by atoms with E-state index in [1.54, 1.807) is 82.3 Å². The normalized spacial score (nSPS) is 13.1. The van der Waals surface area contributed by atoms with E-state index in [0.717, 1.165) is 32.1 Å². The smallest absolute Gasteiger partial charge is 0.280 e. The molecular formula is C19H36N4O6S12. The fraction of sp³-hybridized carbons (Fsp3) is 0.789. The molecule has 22 heteroatoms. The van der Waals surface area contributed by atoms with Crippen molar-refractivity contribution in [2.45, 2.75) is 6.42 Å². The van der Waals surface area contributed by atoms with Crippen LogP contribution in [0, 0.1) is 0 Å². The minimum atomic E-state index is -1.12. The van der Waals surface area contributed by atoms with Gasteiger partial charge < -0.3 is 20.8 Å². The van der Waals surface area contributed by atoms with Crippen molar-refractivity contribution in [2.24, 2.45) is 9.98 Å². The fourth-order valence-electron chi connectivity index (χ4n) is 1.75. The van der Waals surface area contributed by atoms with Crippen molar-refractivity contribution in [1.29, 1.82) is 0 Å². The van der Waals surface area contributed by atoms with Gasteiger partial charge in [0, 0.05) is 37.8 Å². The van der Waals surface area contributed by atoms with Gasteiger partial charge in [-0.1, -0.05) is 23.5 Å². The summed E-state index contributed by atoms with van der Waals surface area (Å²) in [4.78, 5) is 31.6. The molecule has 2 atom stereocenters. The highest BCUT2D eigenvalue weighted by atomic mass is 32.3. The Kier molecular flexibility index (Phi) is 36.6. The minimum Gasteiger partial charge on any atom is -0.396 e. The predicted octanol–water partition coefficient (Wildman–Crippen LogP) is 5.16. The second-order valence-corrected chi connectivity index (χ2v) is 21.4. The van der Waals surface area contributed by atoms with E-state index in [4.69, 9.17) is 10.2 Å². The summed E-state index contributed by atoms with van der Waals surface area (Å²) in [5.41, 5.74) is 2.92. The lowest BCUT2D eigenvalue weighted by Crippen LogP contribution is -2.17. The SMILES string of the molecule is O=C(NCSCSC/N=C\S(=O)CSCSCSCSC(=O)NCSCSC/N=C\S(=O)CCCO)SCSCO. The number of thioether (sulfide) groups is 10. The Morgan fingerprint density at radius 1 is 0.659 bits per heavy atom. The van der Waals surface area contributed by atoms with Crippen molar-refractivity contribution in [1.82, 2.24) is 10.6 Å². The van der Waals surface area contributed by atoms with E-state index in [2.05, 4.69) is 20.6 Å². The molecule has 0 fully saturated rings. The van der Waals surface area contributed by atoms with Crippen LogP contribution in [0.15, 0.2) is 9.98 Å². The van der Waals surface area contributed by atoms with Gasteiger partial charge in [0.2, 0.25) is 0 Å². The van der Waals surface area contributed by atoms with E-state index < -0.39 is 21.6 Å². The molecule has 0 aromatic carbocycles. The Labute approximate surface area is 290 Å². The average molecular weight is 801 g/mol. The van der Waals surface area contributed by atoms with Crippen LogP contribution >= 0.6 is 118 Å². The summed E-state index contributed by atoms with van der Waals surface area (Å²) in [6.45, 7) is 0.0363. The number of amides is 2. The molecule has 41 heavy (non-hydrogen) atoms. The highest BCUT2D eigenvalue weighted by Gasteiger charge is 2.03. The number of aliphatic hydroxyl groups is 2. The molecule has 0 saturated heterocycles. The molecule has 0 aliphatic heterocycles. The largest absolute Gasteiger partial charge is 0.396 e. The number of carbonyl (C=O) groups is 2. The van der Waals surface area contributed by atoms with Crippen molar-refractivity contribution in [2.75, 3.05) is 77.4 Å². The molecule has 0 aromatic heterocycles. The monoisotopic (exact) mass is 800 g/mol. The van der Waals surface area contributed by atoms with Gasteiger partial charge in [-0.05, 0) is 6.42 Å². The molecule has 0 spiro atoms. The summed E-state index contributed by atoms with van der Waals surface area (Å²) >= 11 is 15.0. The van der Waals surface area contributed by atoms with E-state index in [1.165, 1.54) is 34.6 Å².